The number of esters is 2. The maximum atomic E-state index is 12.8. The minimum atomic E-state index is -1.63. The monoisotopic (exact) mass is 478 g/mol. The van der Waals surface area contributed by atoms with Gasteiger partial charge in [-0.2, -0.15) is 0 Å². The van der Waals surface area contributed by atoms with Gasteiger partial charge in [0.05, 0.1) is 35.5 Å². The van der Waals surface area contributed by atoms with Gasteiger partial charge in [0, 0.05) is 0 Å². The molecule has 1 aromatic rings. The highest BCUT2D eigenvalue weighted by Crippen LogP contribution is 2.23. The third-order valence-corrected chi connectivity index (χ3v) is 5.54. The van der Waals surface area contributed by atoms with Gasteiger partial charge in [0.25, 0.3) is 0 Å². The summed E-state index contributed by atoms with van der Waals surface area (Å²) in [6.45, 7) is 4.41. The molecule has 1 aromatic carbocycles. The lowest BCUT2D eigenvalue weighted by Crippen LogP contribution is -2.22. The van der Waals surface area contributed by atoms with Crippen LogP contribution in [0.25, 0.3) is 0 Å². The highest BCUT2D eigenvalue weighted by Gasteiger charge is 2.31. The van der Waals surface area contributed by atoms with Gasteiger partial charge in [-0.05, 0) is 25.0 Å². The lowest BCUT2D eigenvalue weighted by Gasteiger charge is -2.14. The highest BCUT2D eigenvalue weighted by atomic mass is 16.5. The number of unbranched alkanes of at least 4 members (excludes halogenated alkanes) is 10. The Balaban J connectivity index is 2.94. The van der Waals surface area contributed by atoms with E-state index in [0.29, 0.717) is 12.8 Å². The van der Waals surface area contributed by atoms with Crippen molar-refractivity contribution < 1.29 is 38.9 Å². The number of rotatable bonds is 18. The fourth-order valence-electron chi connectivity index (χ4n) is 3.63. The first-order valence-corrected chi connectivity index (χ1v) is 12.3. The summed E-state index contributed by atoms with van der Waals surface area (Å²) in [5, 5.41) is 19.0. The van der Waals surface area contributed by atoms with Crippen LogP contribution in [0.3, 0.4) is 0 Å². The smallest absolute Gasteiger partial charge is 0.339 e. The molecule has 8 heteroatoms. The van der Waals surface area contributed by atoms with E-state index in [1.165, 1.54) is 0 Å². The Hall–Kier alpha value is -2.90. The third kappa shape index (κ3) is 9.93. The number of aromatic carboxylic acids is 2. The number of carboxylic acids is 2. The Kier molecular flexibility index (Phi) is 14.3. The summed E-state index contributed by atoms with van der Waals surface area (Å²) in [6, 6.07) is 2.11. The van der Waals surface area contributed by atoms with Crippen LogP contribution >= 0.6 is 0 Å². The van der Waals surface area contributed by atoms with Crippen LogP contribution in [0, 0.1) is 0 Å². The summed E-state index contributed by atoms with van der Waals surface area (Å²) in [5.74, 6) is -5.07. The van der Waals surface area contributed by atoms with Crippen molar-refractivity contribution in [1.82, 2.24) is 0 Å². The van der Waals surface area contributed by atoms with E-state index in [0.717, 1.165) is 76.3 Å². The molecular weight excluding hydrogens is 440 g/mol. The molecule has 0 aliphatic rings. The van der Waals surface area contributed by atoms with Gasteiger partial charge in [-0.15, -0.1) is 0 Å². The molecule has 0 heterocycles. The summed E-state index contributed by atoms with van der Waals surface area (Å²) in [7, 11) is 0. The van der Waals surface area contributed by atoms with Gasteiger partial charge in [-0.3, -0.25) is 0 Å². The lowest BCUT2D eigenvalue weighted by atomic mass is 9.95. The van der Waals surface area contributed by atoms with Crippen molar-refractivity contribution in [3.05, 3.63) is 34.4 Å². The second-order valence-corrected chi connectivity index (χ2v) is 8.33. The van der Waals surface area contributed by atoms with Crippen molar-refractivity contribution in [3.63, 3.8) is 0 Å². The van der Waals surface area contributed by atoms with Crippen LogP contribution in [0.4, 0.5) is 0 Å². The minimum Gasteiger partial charge on any atom is -0.478 e. The summed E-state index contributed by atoms with van der Waals surface area (Å²) in [4.78, 5) is 48.9. The molecule has 0 bridgehead atoms. The number of benzene rings is 1. The van der Waals surface area contributed by atoms with E-state index in [1.807, 2.05) is 0 Å². The second-order valence-electron chi connectivity index (χ2n) is 8.33. The SMILES string of the molecule is CCCCCCCCOC(=O)c1ccc(C(=O)O)c(C(=O)O)c1C(=O)OCCCCCCCC. The largest absolute Gasteiger partial charge is 0.478 e. The zero-order valence-electron chi connectivity index (χ0n) is 20.4. The molecule has 2 N–H and O–H groups in total. The van der Waals surface area contributed by atoms with Gasteiger partial charge in [-0.1, -0.05) is 78.1 Å². The molecule has 0 amide bonds. The van der Waals surface area contributed by atoms with Crippen LogP contribution in [0.2, 0.25) is 0 Å². The van der Waals surface area contributed by atoms with Crippen molar-refractivity contribution in [2.75, 3.05) is 13.2 Å². The van der Waals surface area contributed by atoms with E-state index in [9.17, 15) is 29.4 Å². The average Bonchev–Trinajstić information content (AvgIpc) is 2.81. The molecule has 0 spiro atoms. The van der Waals surface area contributed by atoms with Crippen LogP contribution in [0.15, 0.2) is 12.1 Å². The Bertz CT molecular complexity index is 815. The molecule has 0 aromatic heterocycles. The zero-order valence-corrected chi connectivity index (χ0v) is 20.4. The molecule has 0 saturated carbocycles. The number of hydrogen-bond acceptors (Lipinski definition) is 6. The first-order chi connectivity index (χ1) is 16.3. The Morgan fingerprint density at radius 3 is 1.50 bits per heavy atom. The standard InChI is InChI=1S/C26H38O8/c1-3-5-7-9-11-13-17-33-25(31)20-16-15-19(23(27)28)21(24(29)30)22(20)26(32)34-18-14-12-10-8-6-4-2/h15-16H,3-14,17-18H2,1-2H3,(H,27,28)(H,29,30). The predicted octanol–water partition coefficient (Wildman–Crippen LogP) is 6.12. The van der Waals surface area contributed by atoms with Crippen molar-refractivity contribution in [1.29, 1.82) is 0 Å². The van der Waals surface area contributed by atoms with E-state index in [1.54, 1.807) is 0 Å². The molecular formula is C26H38O8. The van der Waals surface area contributed by atoms with Crippen LogP contribution in [0.1, 0.15) is 132 Å². The van der Waals surface area contributed by atoms with Crippen LogP contribution in [-0.4, -0.2) is 47.3 Å². The molecule has 34 heavy (non-hydrogen) atoms. The van der Waals surface area contributed by atoms with E-state index >= 15 is 0 Å². The van der Waals surface area contributed by atoms with Gasteiger partial charge in [0.15, 0.2) is 0 Å². The molecule has 8 nitrogen and oxygen atoms in total. The van der Waals surface area contributed by atoms with Crippen LogP contribution in [-0.2, 0) is 9.47 Å². The molecule has 0 saturated heterocycles. The fourth-order valence-corrected chi connectivity index (χ4v) is 3.63. The van der Waals surface area contributed by atoms with E-state index in [2.05, 4.69) is 13.8 Å². The van der Waals surface area contributed by atoms with Crippen LogP contribution in [0.5, 0.6) is 0 Å². The summed E-state index contributed by atoms with van der Waals surface area (Å²) in [6.07, 6.45) is 11.7. The molecule has 1 rings (SSSR count). The average molecular weight is 479 g/mol. The molecule has 190 valence electrons. The Labute approximate surface area is 201 Å². The van der Waals surface area contributed by atoms with Gasteiger partial charge < -0.3 is 19.7 Å². The lowest BCUT2D eigenvalue weighted by molar-refractivity contribution is 0.0444. The third-order valence-electron chi connectivity index (χ3n) is 5.54. The minimum absolute atomic E-state index is 0.0492. The van der Waals surface area contributed by atoms with E-state index < -0.39 is 40.6 Å². The van der Waals surface area contributed by atoms with Gasteiger partial charge in [-0.25, -0.2) is 19.2 Å². The van der Waals surface area contributed by atoms with Gasteiger partial charge >= 0.3 is 23.9 Å². The number of carbonyl (C=O) groups excluding carboxylic acids is 2. The topological polar surface area (TPSA) is 127 Å². The highest BCUT2D eigenvalue weighted by molar-refractivity contribution is 6.14. The van der Waals surface area contributed by atoms with E-state index in [4.69, 9.17) is 9.47 Å². The maximum Gasteiger partial charge on any atom is 0.339 e. The number of carbonyl (C=O) groups is 4. The maximum absolute atomic E-state index is 12.8. The van der Waals surface area contributed by atoms with Crippen molar-refractivity contribution in [2.45, 2.75) is 90.9 Å². The summed E-state index contributed by atoms with van der Waals surface area (Å²) in [5.41, 5.74) is -2.24. The molecule has 0 atom stereocenters. The van der Waals surface area contributed by atoms with Crippen molar-refractivity contribution in [3.8, 4) is 0 Å². The second kappa shape index (κ2) is 16.7. The first kappa shape index (κ1) is 29.1. The normalized spacial score (nSPS) is 10.6. The fraction of sp³-hybridized carbons (Fsp3) is 0.615. The predicted molar refractivity (Wildman–Crippen MR) is 128 cm³/mol. The van der Waals surface area contributed by atoms with Crippen molar-refractivity contribution >= 4 is 23.9 Å². The molecule has 0 fully saturated rings. The first-order valence-electron chi connectivity index (χ1n) is 12.3. The van der Waals surface area contributed by atoms with Gasteiger partial charge in [0.2, 0.25) is 0 Å². The van der Waals surface area contributed by atoms with Crippen molar-refractivity contribution in [2.24, 2.45) is 0 Å². The van der Waals surface area contributed by atoms with Crippen LogP contribution < -0.4 is 0 Å². The number of carboxylic acid groups (broad SMARTS) is 2. The molecule has 0 unspecified atom stereocenters. The van der Waals surface area contributed by atoms with Gasteiger partial charge in [0.1, 0.15) is 0 Å². The molecule has 0 radical (unpaired) electrons. The molecule has 0 aliphatic heterocycles. The Morgan fingerprint density at radius 1 is 0.588 bits per heavy atom. The Morgan fingerprint density at radius 2 is 1.03 bits per heavy atom. The quantitative estimate of drug-likeness (QED) is 0.191. The van der Waals surface area contributed by atoms with E-state index in [-0.39, 0.29) is 18.8 Å². The zero-order chi connectivity index (χ0) is 25.3. The number of hydrogen-bond donors (Lipinski definition) is 2. The summed E-state index contributed by atoms with van der Waals surface area (Å²) >= 11 is 0. The number of ether oxygens (including phenoxy) is 2. The summed E-state index contributed by atoms with van der Waals surface area (Å²) < 4.78 is 10.5. The molecule has 0 aliphatic carbocycles.